The van der Waals surface area contributed by atoms with Crippen LogP contribution in [0.1, 0.15) is 19.7 Å². The van der Waals surface area contributed by atoms with E-state index in [1.165, 1.54) is 0 Å². The van der Waals surface area contributed by atoms with Crippen molar-refractivity contribution in [3.05, 3.63) is 21.1 Å². The van der Waals surface area contributed by atoms with Gasteiger partial charge in [0.15, 0.2) is 5.82 Å². The van der Waals surface area contributed by atoms with Crippen LogP contribution in [0.15, 0.2) is 19.8 Å². The molecule has 0 aromatic carbocycles. The van der Waals surface area contributed by atoms with Crippen LogP contribution in [0.25, 0.3) is 11.5 Å². The van der Waals surface area contributed by atoms with Crippen molar-refractivity contribution >= 4 is 27.3 Å². The lowest BCUT2D eigenvalue weighted by atomic mass is 10.1. The minimum atomic E-state index is -0.745. The zero-order valence-corrected chi connectivity index (χ0v) is 12.5. The third kappa shape index (κ3) is 2.97. The summed E-state index contributed by atoms with van der Waals surface area (Å²) in [5.74, 6) is 0.924. The van der Waals surface area contributed by atoms with Crippen molar-refractivity contribution in [2.75, 3.05) is 13.2 Å². The van der Waals surface area contributed by atoms with Gasteiger partial charge in [0.2, 0.25) is 0 Å². The Kier molecular flexibility index (Phi) is 4.16. The van der Waals surface area contributed by atoms with Gasteiger partial charge in [-0.05, 0) is 35.8 Å². The van der Waals surface area contributed by atoms with E-state index >= 15 is 0 Å². The van der Waals surface area contributed by atoms with E-state index in [4.69, 9.17) is 15.0 Å². The molecule has 0 aliphatic rings. The SMILES string of the molecule is CCOCC(C)(N)c1noc(-c2csc(Br)c2)n1. The van der Waals surface area contributed by atoms with E-state index in [9.17, 15) is 0 Å². The van der Waals surface area contributed by atoms with Crippen molar-refractivity contribution in [2.24, 2.45) is 5.73 Å². The van der Waals surface area contributed by atoms with Crippen molar-refractivity contribution in [3.8, 4) is 11.5 Å². The Morgan fingerprint density at radius 1 is 1.61 bits per heavy atom. The lowest BCUT2D eigenvalue weighted by Crippen LogP contribution is -2.39. The zero-order valence-electron chi connectivity index (χ0n) is 10.1. The van der Waals surface area contributed by atoms with Crippen LogP contribution in [0.3, 0.4) is 0 Å². The number of ether oxygens (including phenoxy) is 1. The molecule has 7 heteroatoms. The zero-order chi connectivity index (χ0) is 13.2. The van der Waals surface area contributed by atoms with Gasteiger partial charge in [-0.3, -0.25) is 0 Å². The van der Waals surface area contributed by atoms with Crippen LogP contribution < -0.4 is 5.73 Å². The largest absolute Gasteiger partial charge is 0.379 e. The number of rotatable bonds is 5. The first-order valence-electron chi connectivity index (χ1n) is 5.48. The molecule has 0 spiro atoms. The molecule has 0 radical (unpaired) electrons. The second-order valence-electron chi connectivity index (χ2n) is 4.12. The highest BCUT2D eigenvalue weighted by molar-refractivity contribution is 9.11. The predicted octanol–water partition coefficient (Wildman–Crippen LogP) is 2.77. The van der Waals surface area contributed by atoms with Gasteiger partial charge in [-0.1, -0.05) is 5.16 Å². The highest BCUT2D eigenvalue weighted by atomic mass is 79.9. The van der Waals surface area contributed by atoms with Crippen LogP contribution in [-0.4, -0.2) is 23.4 Å². The summed E-state index contributed by atoms with van der Waals surface area (Å²) in [5, 5.41) is 5.87. The molecule has 5 nitrogen and oxygen atoms in total. The second kappa shape index (κ2) is 5.48. The third-order valence-electron chi connectivity index (χ3n) is 2.36. The number of aromatic nitrogens is 2. The van der Waals surface area contributed by atoms with E-state index in [-0.39, 0.29) is 0 Å². The van der Waals surface area contributed by atoms with Crippen molar-refractivity contribution in [1.29, 1.82) is 0 Å². The maximum absolute atomic E-state index is 6.10. The normalized spacial score (nSPS) is 14.7. The van der Waals surface area contributed by atoms with Gasteiger partial charge in [-0.2, -0.15) is 4.98 Å². The van der Waals surface area contributed by atoms with Crippen LogP contribution in [-0.2, 0) is 10.3 Å². The summed E-state index contributed by atoms with van der Waals surface area (Å²) in [4.78, 5) is 4.32. The molecule has 1 unspecified atom stereocenters. The number of nitrogens with zero attached hydrogens (tertiary/aromatic N) is 2. The van der Waals surface area contributed by atoms with Gasteiger partial charge in [-0.15, -0.1) is 11.3 Å². The fourth-order valence-electron chi connectivity index (χ4n) is 1.37. The van der Waals surface area contributed by atoms with Gasteiger partial charge in [0.1, 0.15) is 5.54 Å². The fraction of sp³-hybridized carbons (Fsp3) is 0.455. The number of nitrogens with two attached hydrogens (primary N) is 1. The van der Waals surface area contributed by atoms with E-state index in [0.717, 1.165) is 9.35 Å². The first-order chi connectivity index (χ1) is 8.53. The minimum Gasteiger partial charge on any atom is -0.379 e. The number of hydrogen-bond donors (Lipinski definition) is 1. The highest BCUT2D eigenvalue weighted by Crippen LogP contribution is 2.28. The average Bonchev–Trinajstić information content (AvgIpc) is 2.94. The molecule has 98 valence electrons. The topological polar surface area (TPSA) is 74.2 Å². The lowest BCUT2D eigenvalue weighted by Gasteiger charge is -2.19. The summed E-state index contributed by atoms with van der Waals surface area (Å²) >= 11 is 4.96. The molecule has 2 rings (SSSR count). The second-order valence-corrected chi connectivity index (χ2v) is 6.41. The van der Waals surface area contributed by atoms with Gasteiger partial charge in [-0.25, -0.2) is 0 Å². The van der Waals surface area contributed by atoms with Gasteiger partial charge < -0.3 is 15.0 Å². The van der Waals surface area contributed by atoms with E-state index in [1.807, 2.05) is 25.3 Å². The maximum atomic E-state index is 6.10. The summed E-state index contributed by atoms with van der Waals surface area (Å²) in [6.07, 6.45) is 0. The molecule has 1 atom stereocenters. The van der Waals surface area contributed by atoms with Gasteiger partial charge in [0.05, 0.1) is 16.0 Å². The molecule has 2 aromatic heterocycles. The molecule has 0 fully saturated rings. The van der Waals surface area contributed by atoms with Crippen LogP contribution >= 0.6 is 27.3 Å². The van der Waals surface area contributed by atoms with Crippen LogP contribution in [0.2, 0.25) is 0 Å². The highest BCUT2D eigenvalue weighted by Gasteiger charge is 2.28. The van der Waals surface area contributed by atoms with E-state index in [0.29, 0.717) is 24.9 Å². The van der Waals surface area contributed by atoms with Crippen molar-refractivity contribution < 1.29 is 9.26 Å². The monoisotopic (exact) mass is 331 g/mol. The van der Waals surface area contributed by atoms with Gasteiger partial charge in [0, 0.05) is 12.0 Å². The summed E-state index contributed by atoms with van der Waals surface area (Å²) in [6, 6.07) is 1.93. The Labute approximate surface area is 117 Å². The molecule has 2 aromatic rings. The molecule has 0 amide bonds. The Hall–Kier alpha value is -0.760. The number of halogens is 1. The number of thiophene rings is 1. The first-order valence-corrected chi connectivity index (χ1v) is 7.15. The van der Waals surface area contributed by atoms with Crippen LogP contribution in [0.5, 0.6) is 0 Å². The average molecular weight is 332 g/mol. The smallest absolute Gasteiger partial charge is 0.258 e. The Morgan fingerprint density at radius 2 is 2.39 bits per heavy atom. The molecule has 0 saturated heterocycles. The first kappa shape index (κ1) is 13.7. The van der Waals surface area contributed by atoms with Crippen LogP contribution in [0.4, 0.5) is 0 Å². The minimum absolute atomic E-state index is 0.357. The van der Waals surface area contributed by atoms with Crippen LogP contribution in [0, 0.1) is 0 Å². The molecule has 2 heterocycles. The third-order valence-corrected chi connectivity index (χ3v) is 3.86. The van der Waals surface area contributed by atoms with Gasteiger partial charge in [0.25, 0.3) is 5.89 Å². The summed E-state index contributed by atoms with van der Waals surface area (Å²) < 4.78 is 11.6. The van der Waals surface area contributed by atoms with E-state index in [1.54, 1.807) is 11.3 Å². The Bertz CT molecular complexity index is 524. The standard InChI is InChI=1S/C11H14BrN3O2S/c1-3-16-6-11(2,13)10-14-9(17-15-10)7-4-8(12)18-5-7/h4-5H,3,6,13H2,1-2H3. The molecule has 0 aliphatic heterocycles. The fourth-order valence-corrected chi connectivity index (χ4v) is 2.50. The number of hydrogen-bond acceptors (Lipinski definition) is 6. The van der Waals surface area contributed by atoms with Gasteiger partial charge >= 0.3 is 0 Å². The summed E-state index contributed by atoms with van der Waals surface area (Å²) in [7, 11) is 0. The lowest BCUT2D eigenvalue weighted by molar-refractivity contribution is 0.0962. The maximum Gasteiger partial charge on any atom is 0.258 e. The summed E-state index contributed by atoms with van der Waals surface area (Å²) in [5.41, 5.74) is 6.25. The quantitative estimate of drug-likeness (QED) is 0.911. The molecule has 0 aliphatic carbocycles. The molecule has 0 bridgehead atoms. The van der Waals surface area contributed by atoms with Crippen molar-refractivity contribution in [3.63, 3.8) is 0 Å². The molecular weight excluding hydrogens is 318 g/mol. The molecule has 18 heavy (non-hydrogen) atoms. The van der Waals surface area contributed by atoms with Crippen molar-refractivity contribution in [1.82, 2.24) is 10.1 Å². The van der Waals surface area contributed by atoms with E-state index < -0.39 is 5.54 Å². The molecule has 0 saturated carbocycles. The van der Waals surface area contributed by atoms with E-state index in [2.05, 4.69) is 26.1 Å². The molecule has 2 N–H and O–H groups in total. The summed E-state index contributed by atoms with van der Waals surface area (Å²) in [6.45, 7) is 4.70. The van der Waals surface area contributed by atoms with Crippen molar-refractivity contribution in [2.45, 2.75) is 19.4 Å². The Balaban J connectivity index is 2.19. The predicted molar refractivity (Wildman–Crippen MR) is 73.3 cm³/mol. The Morgan fingerprint density at radius 3 is 3.00 bits per heavy atom. The molecular formula is C11H14BrN3O2S.